The van der Waals surface area contributed by atoms with E-state index in [-0.39, 0.29) is 42.1 Å². The molecule has 2 aliphatic rings. The van der Waals surface area contributed by atoms with Gasteiger partial charge in [0, 0.05) is 43.3 Å². The molecular weight excluding hydrogens is 531 g/mol. The molecule has 0 spiro atoms. The first-order chi connectivity index (χ1) is 18.4. The highest BCUT2D eigenvalue weighted by Crippen LogP contribution is 2.34. The van der Waals surface area contributed by atoms with Crippen LogP contribution in [0.15, 0.2) is 48.5 Å². The van der Waals surface area contributed by atoms with Crippen LogP contribution in [0.1, 0.15) is 42.7 Å². The maximum absolute atomic E-state index is 13.6. The molecule has 2 aliphatic heterocycles. The molecule has 0 N–H and O–H groups in total. The average molecular weight is 564 g/mol. The van der Waals surface area contributed by atoms with Gasteiger partial charge in [-0.05, 0) is 69.2 Å². The first-order valence-electron chi connectivity index (χ1n) is 13.1. The fourth-order valence-corrected chi connectivity index (χ4v) is 6.50. The minimum atomic E-state index is -4.55. The van der Waals surface area contributed by atoms with E-state index in [0.29, 0.717) is 22.7 Å². The number of nitrogens with zero attached hydrogens (tertiary/aromatic N) is 3. The second kappa shape index (κ2) is 10.5. The number of sulfone groups is 1. The van der Waals surface area contributed by atoms with Gasteiger partial charge in [-0.3, -0.25) is 4.79 Å². The molecule has 7 nitrogen and oxygen atoms in total. The predicted octanol–water partition coefficient (Wildman–Crippen LogP) is 4.77. The Labute approximate surface area is 226 Å². The van der Waals surface area contributed by atoms with Crippen molar-refractivity contribution in [2.75, 3.05) is 37.7 Å². The van der Waals surface area contributed by atoms with Crippen molar-refractivity contribution in [1.82, 2.24) is 14.4 Å². The molecule has 0 radical (unpaired) electrons. The van der Waals surface area contributed by atoms with Crippen molar-refractivity contribution >= 4 is 26.6 Å². The van der Waals surface area contributed by atoms with E-state index >= 15 is 0 Å². The van der Waals surface area contributed by atoms with Gasteiger partial charge >= 0.3 is 6.18 Å². The molecule has 0 atom stereocenters. The molecule has 39 heavy (non-hydrogen) atoms. The van der Waals surface area contributed by atoms with Crippen LogP contribution in [0.3, 0.4) is 0 Å². The number of carbonyl (C=O) groups is 1. The van der Waals surface area contributed by atoms with Crippen LogP contribution in [-0.4, -0.2) is 78.5 Å². The highest BCUT2D eigenvalue weighted by Gasteiger charge is 2.32. The quantitative estimate of drug-likeness (QED) is 0.447. The molecule has 11 heteroatoms. The monoisotopic (exact) mass is 563 g/mol. The van der Waals surface area contributed by atoms with E-state index in [0.717, 1.165) is 38.1 Å². The van der Waals surface area contributed by atoms with Gasteiger partial charge in [-0.2, -0.15) is 13.2 Å². The predicted molar refractivity (Wildman–Crippen MR) is 143 cm³/mol. The van der Waals surface area contributed by atoms with Crippen LogP contribution in [-0.2, 0) is 16.0 Å². The highest BCUT2D eigenvalue weighted by atomic mass is 32.2. The number of carbonyl (C=O) groups excluding carboxylic acids is 1. The lowest BCUT2D eigenvalue weighted by Gasteiger charge is -2.34. The molecule has 1 aromatic heterocycles. The first-order valence-corrected chi connectivity index (χ1v) is 15.0. The van der Waals surface area contributed by atoms with E-state index in [4.69, 9.17) is 4.74 Å². The van der Waals surface area contributed by atoms with E-state index in [1.165, 1.54) is 21.6 Å². The van der Waals surface area contributed by atoms with Gasteiger partial charge < -0.3 is 19.1 Å². The van der Waals surface area contributed by atoms with E-state index in [9.17, 15) is 26.4 Å². The van der Waals surface area contributed by atoms with Gasteiger partial charge in [0.15, 0.2) is 9.84 Å². The van der Waals surface area contributed by atoms with Gasteiger partial charge in [0.25, 0.3) is 5.91 Å². The standard InChI is InChI=1S/C28H32F3N3O4S/c1-19(2)32-10-8-23(9-11-32)38-24-6-7-25-20(16-24)17-26(27(35)33-12-14-39(36,37)15-13-33)34(25)22-5-3-4-21(18-22)28(29,30)31/h3-7,16-19,23H,8-15H2,1-2H3. The molecule has 2 fully saturated rings. The number of fused-ring (bicyclic) bond motifs is 1. The van der Waals surface area contributed by atoms with Crippen LogP contribution in [0.4, 0.5) is 13.2 Å². The van der Waals surface area contributed by atoms with Gasteiger partial charge in [0.2, 0.25) is 0 Å². The number of amides is 1. The number of piperidine rings is 1. The lowest BCUT2D eigenvalue weighted by atomic mass is 10.1. The SMILES string of the molecule is CC(C)N1CCC(Oc2ccc3c(c2)cc(C(=O)N2CCS(=O)(=O)CC2)n3-c2cccc(C(F)(F)F)c2)CC1. The average Bonchev–Trinajstić information content (AvgIpc) is 3.27. The third kappa shape index (κ3) is 5.94. The molecule has 210 valence electrons. The molecule has 3 aromatic rings. The molecule has 5 rings (SSSR count). The summed E-state index contributed by atoms with van der Waals surface area (Å²) in [5, 5.41) is 0.650. The summed E-state index contributed by atoms with van der Waals surface area (Å²) in [6.45, 7) is 6.31. The summed E-state index contributed by atoms with van der Waals surface area (Å²) in [6.07, 6.45) is -2.71. The third-order valence-corrected chi connectivity index (χ3v) is 9.17. The van der Waals surface area contributed by atoms with Crippen LogP contribution < -0.4 is 4.74 Å². The lowest BCUT2D eigenvalue weighted by Crippen LogP contribution is -2.44. The van der Waals surface area contributed by atoms with Crippen LogP contribution >= 0.6 is 0 Å². The molecular formula is C28H32F3N3O4S. The van der Waals surface area contributed by atoms with E-state index in [2.05, 4.69) is 18.7 Å². The van der Waals surface area contributed by atoms with Gasteiger partial charge in [0.05, 0.1) is 22.6 Å². The van der Waals surface area contributed by atoms with Crippen molar-refractivity contribution in [3.63, 3.8) is 0 Å². The topological polar surface area (TPSA) is 71.8 Å². The van der Waals surface area contributed by atoms with Crippen molar-refractivity contribution in [2.24, 2.45) is 0 Å². The molecule has 1 amide bonds. The zero-order valence-electron chi connectivity index (χ0n) is 21.9. The molecule has 2 saturated heterocycles. The number of benzene rings is 2. The third-order valence-electron chi connectivity index (χ3n) is 7.57. The van der Waals surface area contributed by atoms with Gasteiger partial charge in [-0.15, -0.1) is 0 Å². The summed E-state index contributed by atoms with van der Waals surface area (Å²) in [6, 6.07) is 12.3. The number of halogens is 3. The number of aromatic nitrogens is 1. The van der Waals surface area contributed by atoms with Crippen molar-refractivity contribution < 1.29 is 31.1 Å². The van der Waals surface area contributed by atoms with Gasteiger partial charge in [-0.1, -0.05) is 6.07 Å². The highest BCUT2D eigenvalue weighted by molar-refractivity contribution is 7.91. The maximum Gasteiger partial charge on any atom is 0.416 e. The number of likely N-dealkylation sites (tertiary alicyclic amines) is 1. The molecule has 0 unspecified atom stereocenters. The largest absolute Gasteiger partial charge is 0.490 e. The van der Waals surface area contributed by atoms with E-state index < -0.39 is 27.5 Å². The Bertz CT molecular complexity index is 1460. The van der Waals surface area contributed by atoms with Crippen molar-refractivity contribution in [3.05, 3.63) is 59.8 Å². The normalized spacial score (nSPS) is 19.1. The second-order valence-electron chi connectivity index (χ2n) is 10.5. The van der Waals surface area contributed by atoms with E-state index in [1.54, 1.807) is 18.2 Å². The fraction of sp³-hybridized carbons (Fsp3) is 0.464. The number of rotatable bonds is 5. The minimum absolute atomic E-state index is 0.0364. The Morgan fingerprint density at radius 3 is 2.31 bits per heavy atom. The Hall–Kier alpha value is -3.05. The summed E-state index contributed by atoms with van der Waals surface area (Å²) < 4.78 is 72.2. The first kappa shape index (κ1) is 27.5. The molecule has 2 aromatic carbocycles. The summed E-state index contributed by atoms with van der Waals surface area (Å²) in [4.78, 5) is 17.4. The van der Waals surface area contributed by atoms with Crippen molar-refractivity contribution in [3.8, 4) is 11.4 Å². The number of hydrogen-bond donors (Lipinski definition) is 0. The fourth-order valence-electron chi connectivity index (χ4n) is 5.30. The lowest BCUT2D eigenvalue weighted by molar-refractivity contribution is -0.137. The van der Waals surface area contributed by atoms with Crippen molar-refractivity contribution in [2.45, 2.75) is 45.0 Å². The summed E-state index contributed by atoms with van der Waals surface area (Å²) >= 11 is 0. The van der Waals surface area contributed by atoms with Crippen molar-refractivity contribution in [1.29, 1.82) is 0 Å². The number of hydrogen-bond acceptors (Lipinski definition) is 5. The number of alkyl halides is 3. The number of ether oxygens (including phenoxy) is 1. The second-order valence-corrected chi connectivity index (χ2v) is 12.8. The van der Waals surface area contributed by atoms with Gasteiger partial charge in [-0.25, -0.2) is 8.42 Å². The molecule has 0 aliphatic carbocycles. The van der Waals surface area contributed by atoms with Crippen LogP contribution in [0.2, 0.25) is 0 Å². The zero-order valence-corrected chi connectivity index (χ0v) is 22.8. The molecule has 3 heterocycles. The Kier molecular flexibility index (Phi) is 7.41. The Morgan fingerprint density at radius 2 is 1.67 bits per heavy atom. The van der Waals surface area contributed by atoms with Crippen LogP contribution in [0.25, 0.3) is 16.6 Å². The molecule has 0 bridgehead atoms. The summed E-state index contributed by atoms with van der Waals surface area (Å²) in [5.74, 6) is -0.0801. The van der Waals surface area contributed by atoms with E-state index in [1.807, 2.05) is 6.07 Å². The molecule has 0 saturated carbocycles. The summed E-state index contributed by atoms with van der Waals surface area (Å²) in [5.41, 5.74) is 0.106. The van der Waals surface area contributed by atoms with Gasteiger partial charge in [0.1, 0.15) is 17.5 Å². The summed E-state index contributed by atoms with van der Waals surface area (Å²) in [7, 11) is -3.21. The smallest absolute Gasteiger partial charge is 0.416 e. The van der Waals surface area contributed by atoms with Crippen LogP contribution in [0.5, 0.6) is 5.75 Å². The minimum Gasteiger partial charge on any atom is -0.490 e. The zero-order chi connectivity index (χ0) is 27.9. The Morgan fingerprint density at radius 1 is 0.974 bits per heavy atom. The Balaban J connectivity index is 1.50. The van der Waals surface area contributed by atoms with Crippen LogP contribution in [0, 0.1) is 0 Å². The maximum atomic E-state index is 13.6.